The highest BCUT2D eigenvalue weighted by molar-refractivity contribution is 7.96. The van der Waals surface area contributed by atoms with Crippen molar-refractivity contribution >= 4 is 34.0 Å². The topological polar surface area (TPSA) is 89.5 Å². The lowest BCUT2D eigenvalue weighted by Gasteiger charge is -2.16. The van der Waals surface area contributed by atoms with E-state index in [0.717, 1.165) is 12.0 Å². The standard InChI is InChI=1S/C20H22FNO5S2/c1-2-3-19(23)16-8-4-15(5-9-16)13-22-18(20(24)28)12-14-6-10-17(11-7-14)27-29(21,25)26/h4-11,18,22H,2-3,12-13H2,1H3,(H,24,28). The van der Waals surface area contributed by atoms with Crippen LogP contribution in [0.5, 0.6) is 5.75 Å². The maximum absolute atomic E-state index is 12.5. The first-order chi connectivity index (χ1) is 13.7. The fraction of sp³-hybridized carbons (Fsp3) is 0.300. The van der Waals surface area contributed by atoms with Crippen LogP contribution in [-0.4, -0.2) is 25.4 Å². The molecule has 2 rings (SSSR count). The van der Waals surface area contributed by atoms with Crippen molar-refractivity contribution in [3.05, 3.63) is 65.2 Å². The van der Waals surface area contributed by atoms with Gasteiger partial charge >= 0.3 is 10.5 Å². The molecule has 0 radical (unpaired) electrons. The largest absolute Gasteiger partial charge is 0.488 e. The smallest absolute Gasteiger partial charge is 0.358 e. The molecule has 0 saturated carbocycles. The fourth-order valence-corrected chi connectivity index (χ4v) is 3.22. The van der Waals surface area contributed by atoms with Gasteiger partial charge < -0.3 is 9.50 Å². The minimum absolute atomic E-state index is 0.100. The van der Waals surface area contributed by atoms with Crippen LogP contribution in [0.25, 0.3) is 0 Å². The Morgan fingerprint density at radius 1 is 1.07 bits per heavy atom. The summed E-state index contributed by atoms with van der Waals surface area (Å²) in [6, 6.07) is 12.3. The van der Waals surface area contributed by atoms with E-state index < -0.39 is 16.5 Å². The van der Waals surface area contributed by atoms with Crippen LogP contribution in [0.1, 0.15) is 41.3 Å². The number of ketones is 1. The molecule has 0 heterocycles. The molecule has 6 nitrogen and oxygen atoms in total. The number of halogens is 1. The summed E-state index contributed by atoms with van der Waals surface area (Å²) in [6.07, 6.45) is 1.61. The molecular weight excluding hydrogens is 417 g/mol. The summed E-state index contributed by atoms with van der Waals surface area (Å²) >= 11 is 3.91. The summed E-state index contributed by atoms with van der Waals surface area (Å²) < 4.78 is 37.6. The number of hydrogen-bond donors (Lipinski definition) is 2. The molecule has 1 atom stereocenters. The Bertz CT molecular complexity index is 944. The van der Waals surface area contributed by atoms with Crippen LogP contribution in [0.15, 0.2) is 48.5 Å². The van der Waals surface area contributed by atoms with Gasteiger partial charge in [-0.05, 0) is 36.1 Å². The van der Waals surface area contributed by atoms with Gasteiger partial charge in [0.05, 0.1) is 6.04 Å². The Labute approximate surface area is 175 Å². The molecule has 0 saturated heterocycles. The van der Waals surface area contributed by atoms with Crippen LogP contribution >= 0.6 is 12.6 Å². The van der Waals surface area contributed by atoms with E-state index in [2.05, 4.69) is 22.1 Å². The van der Waals surface area contributed by atoms with Crippen LogP contribution in [0.4, 0.5) is 3.89 Å². The molecule has 1 unspecified atom stereocenters. The van der Waals surface area contributed by atoms with Crippen molar-refractivity contribution in [2.75, 3.05) is 0 Å². The van der Waals surface area contributed by atoms with Crippen molar-refractivity contribution in [3.8, 4) is 5.75 Å². The van der Waals surface area contributed by atoms with Crippen LogP contribution in [0.2, 0.25) is 0 Å². The zero-order valence-electron chi connectivity index (χ0n) is 15.8. The Morgan fingerprint density at radius 3 is 2.17 bits per heavy atom. The second-order valence-corrected chi connectivity index (χ2v) is 7.86. The third kappa shape index (κ3) is 7.96. The van der Waals surface area contributed by atoms with E-state index in [4.69, 9.17) is 0 Å². The summed E-state index contributed by atoms with van der Waals surface area (Å²) in [4.78, 5) is 23.7. The van der Waals surface area contributed by atoms with Gasteiger partial charge in [-0.3, -0.25) is 9.59 Å². The molecule has 29 heavy (non-hydrogen) atoms. The van der Waals surface area contributed by atoms with Crippen LogP contribution in [0, 0.1) is 0 Å². The van der Waals surface area contributed by atoms with E-state index in [1.54, 1.807) is 24.3 Å². The van der Waals surface area contributed by atoms with Crippen molar-refractivity contribution in [1.29, 1.82) is 0 Å². The third-order valence-electron chi connectivity index (χ3n) is 4.16. The number of hydrogen-bond acceptors (Lipinski definition) is 6. The van der Waals surface area contributed by atoms with Crippen LogP contribution < -0.4 is 9.50 Å². The summed E-state index contributed by atoms with van der Waals surface area (Å²) in [5.41, 5.74) is 2.29. The summed E-state index contributed by atoms with van der Waals surface area (Å²) in [7, 11) is -5.08. The van der Waals surface area contributed by atoms with Gasteiger partial charge in [0.15, 0.2) is 5.78 Å². The van der Waals surface area contributed by atoms with Crippen LogP contribution in [-0.2, 0) is 28.3 Å². The maximum atomic E-state index is 12.5. The molecule has 0 amide bonds. The Balaban J connectivity index is 1.96. The van der Waals surface area contributed by atoms with Crippen molar-refractivity contribution in [2.24, 2.45) is 0 Å². The van der Waals surface area contributed by atoms with Gasteiger partial charge in [-0.1, -0.05) is 47.2 Å². The lowest BCUT2D eigenvalue weighted by molar-refractivity contribution is -0.112. The minimum Gasteiger partial charge on any atom is -0.358 e. The van der Waals surface area contributed by atoms with Crippen molar-refractivity contribution in [1.82, 2.24) is 5.32 Å². The molecule has 0 aliphatic carbocycles. The molecule has 0 fully saturated rings. The third-order valence-corrected chi connectivity index (χ3v) is 4.87. The van der Waals surface area contributed by atoms with E-state index in [-0.39, 0.29) is 16.6 Å². The first kappa shape index (κ1) is 23.1. The Morgan fingerprint density at radius 2 is 1.66 bits per heavy atom. The molecule has 1 N–H and O–H groups in total. The van der Waals surface area contributed by atoms with Crippen LogP contribution in [0.3, 0.4) is 0 Å². The monoisotopic (exact) mass is 439 g/mol. The Hall–Kier alpha value is -2.23. The van der Waals surface area contributed by atoms with Gasteiger partial charge in [0.2, 0.25) is 5.12 Å². The summed E-state index contributed by atoms with van der Waals surface area (Å²) in [6.45, 7) is 2.36. The fourth-order valence-electron chi connectivity index (χ4n) is 2.70. The van der Waals surface area contributed by atoms with Crippen molar-refractivity contribution in [2.45, 2.75) is 38.8 Å². The minimum atomic E-state index is -5.08. The zero-order chi connectivity index (χ0) is 21.4. The number of rotatable bonds is 11. The van der Waals surface area contributed by atoms with Gasteiger partial charge in [-0.25, -0.2) is 0 Å². The molecule has 0 aliphatic rings. The molecule has 0 aliphatic heterocycles. The van der Waals surface area contributed by atoms with Crippen molar-refractivity contribution in [3.63, 3.8) is 0 Å². The van der Waals surface area contributed by atoms with Gasteiger partial charge in [-0.15, -0.1) is 12.6 Å². The van der Waals surface area contributed by atoms with Gasteiger partial charge in [-0.2, -0.15) is 8.42 Å². The highest BCUT2D eigenvalue weighted by atomic mass is 32.3. The van der Waals surface area contributed by atoms with Crippen molar-refractivity contribution < 1.29 is 26.1 Å². The van der Waals surface area contributed by atoms with Gasteiger partial charge in [0.1, 0.15) is 5.75 Å². The average Bonchev–Trinajstić information content (AvgIpc) is 2.65. The molecule has 2 aromatic rings. The number of nitrogens with one attached hydrogen (secondary N) is 1. The van der Waals surface area contributed by atoms with E-state index >= 15 is 0 Å². The average molecular weight is 440 g/mol. The highest BCUT2D eigenvalue weighted by Crippen LogP contribution is 2.17. The predicted octanol–water partition coefficient (Wildman–Crippen LogP) is 3.42. The number of Topliss-reactive ketones (excluding diaryl/α,β-unsaturated/α-hetero) is 1. The summed E-state index contributed by atoms with van der Waals surface area (Å²) in [5.74, 6) is -0.0564. The predicted molar refractivity (Wildman–Crippen MR) is 111 cm³/mol. The number of thiol groups is 1. The molecule has 0 bridgehead atoms. The second kappa shape index (κ2) is 10.5. The van der Waals surface area contributed by atoms with Gasteiger partial charge in [0, 0.05) is 18.5 Å². The lowest BCUT2D eigenvalue weighted by Crippen LogP contribution is -2.35. The van der Waals surface area contributed by atoms with E-state index in [9.17, 15) is 21.9 Å². The normalized spacial score (nSPS) is 12.4. The molecular formula is C20H22FNO5S2. The first-order valence-corrected chi connectivity index (χ1v) is 10.7. The molecule has 156 valence electrons. The van der Waals surface area contributed by atoms with E-state index in [1.807, 2.05) is 19.1 Å². The number of benzene rings is 2. The number of carbonyl (C=O) groups is 2. The molecule has 2 aromatic carbocycles. The zero-order valence-corrected chi connectivity index (χ0v) is 17.5. The SMILES string of the molecule is CCCC(=O)c1ccc(CNC(Cc2ccc(OS(=O)(=O)F)cc2)C(=O)S)cc1. The molecule has 9 heteroatoms. The van der Waals surface area contributed by atoms with E-state index in [0.29, 0.717) is 30.5 Å². The highest BCUT2D eigenvalue weighted by Gasteiger charge is 2.16. The first-order valence-electron chi connectivity index (χ1n) is 8.99. The molecule has 0 spiro atoms. The van der Waals surface area contributed by atoms with Gasteiger partial charge in [0.25, 0.3) is 0 Å². The maximum Gasteiger partial charge on any atom is 0.488 e. The quantitative estimate of drug-likeness (QED) is 0.317. The summed E-state index contributed by atoms with van der Waals surface area (Å²) in [5, 5.41) is 2.76. The Kier molecular flexibility index (Phi) is 8.36. The lowest BCUT2D eigenvalue weighted by atomic mass is 10.0. The molecule has 0 aromatic heterocycles. The number of carbonyl (C=O) groups excluding carboxylic acids is 2. The van der Waals surface area contributed by atoms with E-state index in [1.165, 1.54) is 12.1 Å². The second-order valence-electron chi connectivity index (χ2n) is 6.47.